The zero-order valence-electron chi connectivity index (χ0n) is 17.2. The standard InChI is InChI=1S/C22H35NO4/c1-15(2)10-17-14-23-7-6-16-11-21(25-3)22(26-4)12-18(16)19(23)13-20(17)27-9-5-8-24/h11-12,15,17,19-20,24H,5-10,13-14H2,1-4H3/t17-,19-,20-/m1/s1. The molecule has 0 radical (unpaired) electrons. The number of hydrogen-bond donors (Lipinski definition) is 1. The van der Waals surface area contributed by atoms with E-state index in [0.717, 1.165) is 37.4 Å². The summed E-state index contributed by atoms with van der Waals surface area (Å²) in [5, 5.41) is 9.12. The lowest BCUT2D eigenvalue weighted by Crippen LogP contribution is -2.49. The third-order valence-corrected chi connectivity index (χ3v) is 5.97. The van der Waals surface area contributed by atoms with Gasteiger partial charge in [-0.25, -0.2) is 0 Å². The SMILES string of the molecule is COc1cc2c(cc1OC)[C@H]1C[C@@H](OCCCO)[C@H](CC(C)C)CN1CC2. The number of nitrogens with zero attached hydrogens (tertiary/aromatic N) is 1. The smallest absolute Gasteiger partial charge is 0.161 e. The Morgan fingerprint density at radius 1 is 1.19 bits per heavy atom. The van der Waals surface area contributed by atoms with E-state index in [4.69, 9.17) is 19.3 Å². The Bertz CT molecular complexity index is 619. The largest absolute Gasteiger partial charge is 0.493 e. The van der Waals surface area contributed by atoms with E-state index in [1.165, 1.54) is 17.5 Å². The molecule has 0 amide bonds. The number of rotatable bonds is 8. The van der Waals surface area contributed by atoms with E-state index in [-0.39, 0.29) is 12.7 Å². The lowest BCUT2D eigenvalue weighted by molar-refractivity contribution is -0.0662. The molecule has 3 atom stereocenters. The van der Waals surface area contributed by atoms with Crippen molar-refractivity contribution in [1.82, 2.24) is 4.90 Å². The molecule has 0 spiro atoms. The van der Waals surface area contributed by atoms with Gasteiger partial charge in [-0.15, -0.1) is 0 Å². The van der Waals surface area contributed by atoms with Crippen LogP contribution in [0.25, 0.3) is 0 Å². The van der Waals surface area contributed by atoms with Gasteiger partial charge in [0.1, 0.15) is 0 Å². The van der Waals surface area contributed by atoms with Crippen LogP contribution >= 0.6 is 0 Å². The molecule has 1 fully saturated rings. The summed E-state index contributed by atoms with van der Waals surface area (Å²) in [6.45, 7) is 7.59. The molecule has 152 valence electrons. The summed E-state index contributed by atoms with van der Waals surface area (Å²) in [5.41, 5.74) is 2.72. The van der Waals surface area contributed by atoms with E-state index in [9.17, 15) is 0 Å². The third-order valence-electron chi connectivity index (χ3n) is 5.97. The molecule has 0 aliphatic carbocycles. The molecule has 2 heterocycles. The minimum absolute atomic E-state index is 0.191. The van der Waals surface area contributed by atoms with Crippen molar-refractivity contribution in [2.24, 2.45) is 11.8 Å². The van der Waals surface area contributed by atoms with Crippen LogP contribution in [0.4, 0.5) is 0 Å². The van der Waals surface area contributed by atoms with Gasteiger partial charge in [0.15, 0.2) is 11.5 Å². The number of ether oxygens (including phenoxy) is 3. The fourth-order valence-corrected chi connectivity index (χ4v) is 4.74. The minimum atomic E-state index is 0.191. The molecule has 5 nitrogen and oxygen atoms in total. The average molecular weight is 378 g/mol. The molecular formula is C22H35NO4. The van der Waals surface area contributed by atoms with Crippen LogP contribution in [0.3, 0.4) is 0 Å². The molecule has 0 aromatic heterocycles. The summed E-state index contributed by atoms with van der Waals surface area (Å²) in [5.74, 6) is 2.84. The van der Waals surface area contributed by atoms with Gasteiger partial charge in [0.05, 0.1) is 20.3 Å². The topological polar surface area (TPSA) is 51.2 Å². The highest BCUT2D eigenvalue weighted by molar-refractivity contribution is 5.49. The molecule has 0 bridgehead atoms. The molecule has 2 aliphatic rings. The van der Waals surface area contributed by atoms with Crippen molar-refractivity contribution in [1.29, 1.82) is 0 Å². The van der Waals surface area contributed by atoms with Gasteiger partial charge in [-0.05, 0) is 60.8 Å². The van der Waals surface area contributed by atoms with Crippen LogP contribution in [-0.4, -0.2) is 56.6 Å². The molecule has 1 N–H and O–H groups in total. The highest BCUT2D eigenvalue weighted by Crippen LogP contribution is 2.44. The average Bonchev–Trinajstić information content (AvgIpc) is 2.66. The van der Waals surface area contributed by atoms with Crippen molar-refractivity contribution in [2.45, 2.75) is 51.7 Å². The number of fused-ring (bicyclic) bond motifs is 3. The van der Waals surface area contributed by atoms with Crippen molar-refractivity contribution in [3.8, 4) is 11.5 Å². The molecule has 2 aliphatic heterocycles. The maximum Gasteiger partial charge on any atom is 0.161 e. The maximum absolute atomic E-state index is 9.12. The number of piperidine rings is 1. The Labute approximate surface area is 163 Å². The summed E-state index contributed by atoms with van der Waals surface area (Å²) < 4.78 is 17.3. The monoisotopic (exact) mass is 377 g/mol. The second-order valence-corrected chi connectivity index (χ2v) is 8.28. The first-order valence-corrected chi connectivity index (χ1v) is 10.3. The van der Waals surface area contributed by atoms with Gasteiger partial charge in [0.2, 0.25) is 0 Å². The number of hydrogen-bond acceptors (Lipinski definition) is 5. The van der Waals surface area contributed by atoms with E-state index in [1.54, 1.807) is 14.2 Å². The zero-order valence-corrected chi connectivity index (χ0v) is 17.2. The number of benzene rings is 1. The number of aliphatic hydroxyl groups is 1. The molecule has 27 heavy (non-hydrogen) atoms. The number of methoxy groups -OCH3 is 2. The van der Waals surface area contributed by atoms with Crippen LogP contribution in [0.15, 0.2) is 12.1 Å². The van der Waals surface area contributed by atoms with Gasteiger partial charge in [0.25, 0.3) is 0 Å². The molecule has 0 saturated carbocycles. The molecule has 1 saturated heterocycles. The van der Waals surface area contributed by atoms with Crippen molar-refractivity contribution < 1.29 is 19.3 Å². The molecule has 1 aromatic rings. The third kappa shape index (κ3) is 4.58. The molecule has 5 heteroatoms. The normalized spacial score (nSPS) is 25.2. The van der Waals surface area contributed by atoms with Gasteiger partial charge >= 0.3 is 0 Å². The molecule has 0 unspecified atom stereocenters. The van der Waals surface area contributed by atoms with E-state index >= 15 is 0 Å². The summed E-state index contributed by atoms with van der Waals surface area (Å²) in [4.78, 5) is 2.63. The minimum Gasteiger partial charge on any atom is -0.493 e. The lowest BCUT2D eigenvalue weighted by Gasteiger charge is -2.47. The van der Waals surface area contributed by atoms with Crippen molar-refractivity contribution in [3.63, 3.8) is 0 Å². The summed E-state index contributed by atoms with van der Waals surface area (Å²) in [6.07, 6.45) is 4.20. The molecule has 1 aromatic carbocycles. The van der Waals surface area contributed by atoms with Gasteiger partial charge in [-0.3, -0.25) is 4.90 Å². The van der Waals surface area contributed by atoms with Gasteiger partial charge < -0.3 is 19.3 Å². The fraction of sp³-hybridized carbons (Fsp3) is 0.727. The second kappa shape index (κ2) is 9.26. The first kappa shape index (κ1) is 20.4. The van der Waals surface area contributed by atoms with E-state index in [2.05, 4.69) is 30.9 Å². The van der Waals surface area contributed by atoms with Crippen LogP contribution in [0.1, 0.15) is 50.3 Å². The van der Waals surface area contributed by atoms with Crippen molar-refractivity contribution >= 4 is 0 Å². The maximum atomic E-state index is 9.12. The highest BCUT2D eigenvalue weighted by Gasteiger charge is 2.39. The molecular weight excluding hydrogens is 342 g/mol. The highest BCUT2D eigenvalue weighted by atomic mass is 16.5. The van der Waals surface area contributed by atoms with E-state index in [0.29, 0.717) is 30.9 Å². The van der Waals surface area contributed by atoms with Crippen LogP contribution in [-0.2, 0) is 11.2 Å². The lowest BCUT2D eigenvalue weighted by atomic mass is 9.79. The summed E-state index contributed by atoms with van der Waals surface area (Å²) >= 11 is 0. The predicted molar refractivity (Wildman–Crippen MR) is 107 cm³/mol. The Kier molecular flexibility index (Phi) is 7.01. The Morgan fingerprint density at radius 2 is 1.93 bits per heavy atom. The summed E-state index contributed by atoms with van der Waals surface area (Å²) in [7, 11) is 3.40. The van der Waals surface area contributed by atoms with Gasteiger partial charge in [-0.1, -0.05) is 13.8 Å². The van der Waals surface area contributed by atoms with Crippen LogP contribution in [0.2, 0.25) is 0 Å². The Hall–Kier alpha value is -1.30. The zero-order chi connectivity index (χ0) is 19.4. The number of aliphatic hydroxyl groups excluding tert-OH is 1. The van der Waals surface area contributed by atoms with Crippen LogP contribution in [0.5, 0.6) is 11.5 Å². The quantitative estimate of drug-likeness (QED) is 0.704. The first-order chi connectivity index (χ1) is 13.1. The Balaban J connectivity index is 1.84. The van der Waals surface area contributed by atoms with Crippen LogP contribution < -0.4 is 9.47 Å². The summed E-state index contributed by atoms with van der Waals surface area (Å²) in [6, 6.07) is 4.68. The van der Waals surface area contributed by atoms with Crippen LogP contribution in [0, 0.1) is 11.8 Å². The van der Waals surface area contributed by atoms with Gasteiger partial charge in [-0.2, -0.15) is 0 Å². The Morgan fingerprint density at radius 3 is 2.59 bits per heavy atom. The molecule has 3 rings (SSSR count). The second-order valence-electron chi connectivity index (χ2n) is 8.28. The van der Waals surface area contributed by atoms with Crippen molar-refractivity contribution in [3.05, 3.63) is 23.3 Å². The predicted octanol–water partition coefficient (Wildman–Crippen LogP) is 3.44. The van der Waals surface area contributed by atoms with Gasteiger partial charge in [0, 0.05) is 32.3 Å². The van der Waals surface area contributed by atoms with E-state index in [1.807, 2.05) is 0 Å². The first-order valence-electron chi connectivity index (χ1n) is 10.3. The fourth-order valence-electron chi connectivity index (χ4n) is 4.74. The van der Waals surface area contributed by atoms with Crippen molar-refractivity contribution in [2.75, 3.05) is 40.5 Å². The van der Waals surface area contributed by atoms with E-state index < -0.39 is 0 Å².